The number of hydrogen-bond acceptors (Lipinski definition) is 3. The van der Waals surface area contributed by atoms with Crippen molar-refractivity contribution in [1.29, 1.82) is 0 Å². The molecule has 0 fully saturated rings. The van der Waals surface area contributed by atoms with Crippen molar-refractivity contribution in [3.8, 4) is 0 Å². The van der Waals surface area contributed by atoms with Crippen LogP contribution in [0.3, 0.4) is 0 Å². The standard InChI is InChI=1S/C15H15BrClN3O/c1-20(8-9-7-10(18)5-6-12(9)17)13-4-2-3-11(16)14(13)15(19)21/h2-7H,8,18H2,1H3,(H2,19,21). The van der Waals surface area contributed by atoms with E-state index in [9.17, 15) is 4.79 Å². The fourth-order valence-electron chi connectivity index (χ4n) is 2.13. The minimum absolute atomic E-state index is 0.444. The van der Waals surface area contributed by atoms with Crippen LogP contribution in [0.1, 0.15) is 15.9 Å². The number of nitrogens with zero attached hydrogens (tertiary/aromatic N) is 1. The summed E-state index contributed by atoms with van der Waals surface area (Å²) in [6, 6.07) is 10.8. The lowest BCUT2D eigenvalue weighted by molar-refractivity contribution is 0.1000. The van der Waals surface area contributed by atoms with Gasteiger partial charge in [-0.25, -0.2) is 0 Å². The SMILES string of the molecule is CN(Cc1cc(N)ccc1Cl)c1cccc(Br)c1C(N)=O. The van der Waals surface area contributed by atoms with Crippen molar-refractivity contribution in [2.45, 2.75) is 6.54 Å². The molecular weight excluding hydrogens is 354 g/mol. The number of amides is 1. The summed E-state index contributed by atoms with van der Waals surface area (Å²) in [6.45, 7) is 0.514. The Morgan fingerprint density at radius 1 is 1.33 bits per heavy atom. The monoisotopic (exact) mass is 367 g/mol. The summed E-state index contributed by atoms with van der Waals surface area (Å²) in [6.07, 6.45) is 0. The van der Waals surface area contributed by atoms with Gasteiger partial charge >= 0.3 is 0 Å². The zero-order valence-electron chi connectivity index (χ0n) is 11.4. The number of benzene rings is 2. The lowest BCUT2D eigenvalue weighted by Crippen LogP contribution is -2.22. The summed E-state index contributed by atoms with van der Waals surface area (Å²) in [7, 11) is 1.87. The Labute approximate surface area is 136 Å². The van der Waals surface area contributed by atoms with Gasteiger partial charge in [-0.05, 0) is 51.8 Å². The van der Waals surface area contributed by atoms with Crippen molar-refractivity contribution in [2.24, 2.45) is 5.73 Å². The van der Waals surface area contributed by atoms with Crippen LogP contribution >= 0.6 is 27.5 Å². The molecule has 4 nitrogen and oxygen atoms in total. The Morgan fingerprint density at radius 3 is 2.71 bits per heavy atom. The molecule has 0 unspecified atom stereocenters. The van der Waals surface area contributed by atoms with Crippen LogP contribution in [0.5, 0.6) is 0 Å². The molecule has 110 valence electrons. The molecule has 0 saturated heterocycles. The van der Waals surface area contributed by atoms with Gasteiger partial charge in [-0.15, -0.1) is 0 Å². The van der Waals surface area contributed by atoms with Gasteiger partial charge < -0.3 is 16.4 Å². The normalized spacial score (nSPS) is 10.4. The van der Waals surface area contributed by atoms with Crippen LogP contribution in [0.25, 0.3) is 0 Å². The zero-order chi connectivity index (χ0) is 15.6. The Kier molecular flexibility index (Phi) is 4.75. The van der Waals surface area contributed by atoms with E-state index < -0.39 is 5.91 Å². The first-order valence-electron chi connectivity index (χ1n) is 6.23. The highest BCUT2D eigenvalue weighted by Gasteiger charge is 2.16. The maximum absolute atomic E-state index is 11.6. The summed E-state index contributed by atoms with van der Waals surface area (Å²) in [5.41, 5.74) is 13.9. The van der Waals surface area contributed by atoms with Gasteiger partial charge in [0.1, 0.15) is 0 Å². The van der Waals surface area contributed by atoms with E-state index in [0.29, 0.717) is 27.3 Å². The summed E-state index contributed by atoms with van der Waals surface area (Å²) >= 11 is 9.53. The van der Waals surface area contributed by atoms with Crippen LogP contribution in [0, 0.1) is 0 Å². The highest BCUT2D eigenvalue weighted by Crippen LogP contribution is 2.29. The number of carbonyl (C=O) groups is 1. The van der Waals surface area contributed by atoms with Gasteiger partial charge in [0.2, 0.25) is 0 Å². The molecule has 0 aromatic heterocycles. The van der Waals surface area contributed by atoms with Crippen molar-refractivity contribution in [3.63, 3.8) is 0 Å². The molecule has 0 bridgehead atoms. The molecule has 0 saturated carbocycles. The smallest absolute Gasteiger partial charge is 0.251 e. The van der Waals surface area contributed by atoms with Gasteiger partial charge in [0.25, 0.3) is 5.91 Å². The average molecular weight is 369 g/mol. The summed E-state index contributed by atoms with van der Waals surface area (Å²) in [5.74, 6) is -0.483. The first-order chi connectivity index (χ1) is 9.90. The molecule has 21 heavy (non-hydrogen) atoms. The fourth-order valence-corrected chi connectivity index (χ4v) is 2.86. The van der Waals surface area contributed by atoms with Crippen LogP contribution in [0.2, 0.25) is 5.02 Å². The van der Waals surface area contributed by atoms with E-state index in [1.54, 1.807) is 18.2 Å². The number of carbonyl (C=O) groups excluding carboxylic acids is 1. The van der Waals surface area contributed by atoms with Crippen LogP contribution in [0.4, 0.5) is 11.4 Å². The molecule has 0 aliphatic heterocycles. The lowest BCUT2D eigenvalue weighted by atomic mass is 10.1. The van der Waals surface area contributed by atoms with Crippen molar-refractivity contribution < 1.29 is 4.79 Å². The summed E-state index contributed by atoms with van der Waals surface area (Å²) in [4.78, 5) is 13.5. The predicted molar refractivity (Wildman–Crippen MR) is 90.6 cm³/mol. The zero-order valence-corrected chi connectivity index (χ0v) is 13.8. The third-order valence-electron chi connectivity index (χ3n) is 3.13. The molecule has 0 aliphatic rings. The lowest BCUT2D eigenvalue weighted by Gasteiger charge is -2.23. The number of rotatable bonds is 4. The molecular formula is C15H15BrClN3O. The first kappa shape index (κ1) is 15.7. The highest BCUT2D eigenvalue weighted by atomic mass is 79.9. The Bertz CT molecular complexity index is 691. The first-order valence-corrected chi connectivity index (χ1v) is 7.40. The summed E-state index contributed by atoms with van der Waals surface area (Å²) < 4.78 is 0.665. The van der Waals surface area contributed by atoms with Crippen molar-refractivity contribution in [3.05, 3.63) is 57.0 Å². The minimum Gasteiger partial charge on any atom is -0.399 e. The summed E-state index contributed by atoms with van der Waals surface area (Å²) in [5, 5.41) is 0.631. The number of hydrogen-bond donors (Lipinski definition) is 2. The fraction of sp³-hybridized carbons (Fsp3) is 0.133. The van der Waals surface area contributed by atoms with Gasteiger partial charge in [0.05, 0.1) is 11.3 Å². The minimum atomic E-state index is -0.483. The predicted octanol–water partition coefficient (Wildman–Crippen LogP) is 3.42. The van der Waals surface area contributed by atoms with E-state index in [2.05, 4.69) is 15.9 Å². The van der Waals surface area contributed by atoms with E-state index in [1.807, 2.05) is 30.1 Å². The number of primary amides is 1. The molecule has 2 rings (SSSR count). The van der Waals surface area contributed by atoms with Gasteiger partial charge in [0, 0.05) is 28.8 Å². The molecule has 0 spiro atoms. The number of halogens is 2. The van der Waals surface area contributed by atoms with E-state index in [0.717, 1.165) is 11.3 Å². The third kappa shape index (κ3) is 3.49. The second-order valence-corrected chi connectivity index (χ2v) is 5.97. The maximum Gasteiger partial charge on any atom is 0.251 e. The van der Waals surface area contributed by atoms with Crippen molar-refractivity contribution in [1.82, 2.24) is 0 Å². The van der Waals surface area contributed by atoms with Crippen molar-refractivity contribution in [2.75, 3.05) is 17.7 Å². The van der Waals surface area contributed by atoms with E-state index in [1.165, 1.54) is 0 Å². The second-order valence-electron chi connectivity index (χ2n) is 4.71. The molecule has 2 aromatic carbocycles. The molecule has 0 aliphatic carbocycles. The van der Waals surface area contributed by atoms with E-state index >= 15 is 0 Å². The maximum atomic E-state index is 11.6. The second kappa shape index (κ2) is 6.37. The largest absolute Gasteiger partial charge is 0.399 e. The van der Waals surface area contributed by atoms with Gasteiger partial charge in [-0.1, -0.05) is 17.7 Å². The van der Waals surface area contributed by atoms with E-state index in [-0.39, 0.29) is 0 Å². The third-order valence-corrected chi connectivity index (χ3v) is 4.16. The molecule has 0 radical (unpaired) electrons. The van der Waals surface area contributed by atoms with Gasteiger partial charge in [0.15, 0.2) is 0 Å². The Hall–Kier alpha value is -1.72. The highest BCUT2D eigenvalue weighted by molar-refractivity contribution is 9.10. The number of anilines is 2. The topological polar surface area (TPSA) is 72.3 Å². The molecule has 2 aromatic rings. The van der Waals surface area contributed by atoms with Gasteiger partial charge in [-0.2, -0.15) is 0 Å². The van der Waals surface area contributed by atoms with Crippen LogP contribution in [-0.4, -0.2) is 13.0 Å². The van der Waals surface area contributed by atoms with Crippen LogP contribution in [-0.2, 0) is 6.54 Å². The molecule has 0 heterocycles. The number of nitrogens with two attached hydrogens (primary N) is 2. The van der Waals surface area contributed by atoms with Crippen LogP contribution < -0.4 is 16.4 Å². The van der Waals surface area contributed by atoms with E-state index in [4.69, 9.17) is 23.1 Å². The molecule has 0 atom stereocenters. The number of nitrogen functional groups attached to an aromatic ring is 1. The Morgan fingerprint density at radius 2 is 2.05 bits per heavy atom. The van der Waals surface area contributed by atoms with Gasteiger partial charge in [-0.3, -0.25) is 4.79 Å². The quantitative estimate of drug-likeness (QED) is 0.812. The Balaban J connectivity index is 2.37. The average Bonchev–Trinajstić information content (AvgIpc) is 2.42. The molecule has 4 N–H and O–H groups in total. The van der Waals surface area contributed by atoms with Crippen molar-refractivity contribution >= 4 is 44.8 Å². The molecule has 6 heteroatoms. The van der Waals surface area contributed by atoms with Crippen LogP contribution in [0.15, 0.2) is 40.9 Å². The molecule has 1 amide bonds.